The van der Waals surface area contributed by atoms with Crippen LogP contribution in [0.3, 0.4) is 0 Å². The van der Waals surface area contributed by atoms with E-state index in [0.29, 0.717) is 18.5 Å². The molecule has 1 atom stereocenters. The number of hydrogen-bond donors (Lipinski definition) is 2. The number of piperidine rings is 1. The fourth-order valence-electron chi connectivity index (χ4n) is 3.46. The Kier molecular flexibility index (Phi) is 7.21. The molecule has 0 aliphatic carbocycles. The minimum Gasteiger partial charge on any atom is -0.390 e. The van der Waals surface area contributed by atoms with E-state index < -0.39 is 5.60 Å². The summed E-state index contributed by atoms with van der Waals surface area (Å²) >= 11 is 0. The molecule has 2 rings (SSSR count). The molecular weight excluding hydrogens is 328 g/mol. The first-order valence-electron chi connectivity index (χ1n) is 9.63. The van der Waals surface area contributed by atoms with Gasteiger partial charge in [-0.1, -0.05) is 12.1 Å². The topological polar surface area (TPSA) is 69.6 Å². The van der Waals surface area contributed by atoms with Crippen LogP contribution in [-0.2, 0) is 11.2 Å². The fourth-order valence-corrected chi connectivity index (χ4v) is 3.46. The quantitative estimate of drug-likeness (QED) is 0.785. The van der Waals surface area contributed by atoms with Crippen LogP contribution in [-0.4, -0.2) is 46.6 Å². The van der Waals surface area contributed by atoms with Crippen molar-refractivity contribution in [2.45, 2.75) is 70.9 Å². The van der Waals surface area contributed by atoms with Crippen molar-refractivity contribution in [3.63, 3.8) is 0 Å². The molecule has 2 N–H and O–H groups in total. The van der Waals surface area contributed by atoms with Gasteiger partial charge in [0.1, 0.15) is 0 Å². The monoisotopic (exact) mass is 360 g/mol. The molecule has 1 fully saturated rings. The molecule has 0 radical (unpaired) electrons. The van der Waals surface area contributed by atoms with E-state index in [2.05, 4.69) is 5.32 Å². The van der Waals surface area contributed by atoms with Crippen molar-refractivity contribution in [2.24, 2.45) is 0 Å². The van der Waals surface area contributed by atoms with Crippen molar-refractivity contribution in [1.82, 2.24) is 10.2 Å². The second kappa shape index (κ2) is 9.17. The normalized spacial score (nSPS) is 17.8. The molecule has 1 heterocycles. The third-order valence-corrected chi connectivity index (χ3v) is 4.94. The molecule has 2 amide bonds. The Balaban J connectivity index is 2.04. The van der Waals surface area contributed by atoms with Crippen LogP contribution in [0.25, 0.3) is 0 Å². The smallest absolute Gasteiger partial charge is 0.254 e. The Morgan fingerprint density at radius 2 is 2.08 bits per heavy atom. The maximum Gasteiger partial charge on any atom is 0.254 e. The summed E-state index contributed by atoms with van der Waals surface area (Å²) in [5.41, 5.74) is 1.08. The van der Waals surface area contributed by atoms with Crippen molar-refractivity contribution in [2.75, 3.05) is 13.1 Å². The number of carbonyl (C=O) groups excluding carboxylic acids is 2. The van der Waals surface area contributed by atoms with Gasteiger partial charge in [-0.15, -0.1) is 0 Å². The molecule has 5 nitrogen and oxygen atoms in total. The molecule has 1 aromatic carbocycles. The van der Waals surface area contributed by atoms with E-state index in [9.17, 15) is 14.7 Å². The first-order valence-corrected chi connectivity index (χ1v) is 9.63. The summed E-state index contributed by atoms with van der Waals surface area (Å²) in [6.45, 7) is 6.50. The van der Waals surface area contributed by atoms with Crippen LogP contribution in [0.5, 0.6) is 0 Å². The number of aliphatic hydroxyl groups is 1. The number of hydrogen-bond acceptors (Lipinski definition) is 3. The van der Waals surface area contributed by atoms with Gasteiger partial charge in [0.2, 0.25) is 5.91 Å². The molecule has 0 unspecified atom stereocenters. The molecule has 0 aromatic heterocycles. The third-order valence-electron chi connectivity index (χ3n) is 4.94. The molecule has 1 saturated heterocycles. The van der Waals surface area contributed by atoms with E-state index >= 15 is 0 Å². The zero-order valence-corrected chi connectivity index (χ0v) is 16.3. The summed E-state index contributed by atoms with van der Waals surface area (Å²) < 4.78 is 0. The number of nitrogens with zero attached hydrogens (tertiary/aromatic N) is 1. The number of amides is 2. The maximum absolute atomic E-state index is 13.0. The standard InChI is InChI=1S/C21H32N2O3/c1-16(24)22-13-11-19-9-4-5-14-23(19)20(25)18-8-6-7-17(15-18)10-12-21(2,3)26/h6-8,15,19,26H,4-5,9-14H2,1-3H3,(H,22,24)/t19-/m1/s1. The first-order chi connectivity index (χ1) is 12.3. The Labute approximate surface area is 156 Å². The van der Waals surface area contributed by atoms with E-state index in [-0.39, 0.29) is 17.9 Å². The average Bonchev–Trinajstić information content (AvgIpc) is 2.59. The Morgan fingerprint density at radius 3 is 2.77 bits per heavy atom. The van der Waals surface area contributed by atoms with Gasteiger partial charge in [-0.05, 0) is 70.1 Å². The molecule has 1 aliphatic heterocycles. The number of nitrogens with one attached hydrogen (secondary N) is 1. The summed E-state index contributed by atoms with van der Waals surface area (Å²) in [4.78, 5) is 26.1. The van der Waals surface area contributed by atoms with Crippen molar-refractivity contribution >= 4 is 11.8 Å². The van der Waals surface area contributed by atoms with Crippen LogP contribution in [0.1, 0.15) is 68.8 Å². The maximum atomic E-state index is 13.0. The van der Waals surface area contributed by atoms with Crippen LogP contribution in [0.4, 0.5) is 0 Å². The fraction of sp³-hybridized carbons (Fsp3) is 0.619. The summed E-state index contributed by atoms with van der Waals surface area (Å²) in [5, 5.41) is 12.7. The van der Waals surface area contributed by atoms with Gasteiger partial charge < -0.3 is 15.3 Å². The predicted molar refractivity (Wildman–Crippen MR) is 103 cm³/mol. The van der Waals surface area contributed by atoms with Crippen LogP contribution in [0.2, 0.25) is 0 Å². The van der Waals surface area contributed by atoms with Gasteiger partial charge in [-0.2, -0.15) is 0 Å². The van der Waals surface area contributed by atoms with Crippen LogP contribution >= 0.6 is 0 Å². The second-order valence-electron chi connectivity index (χ2n) is 7.93. The van der Waals surface area contributed by atoms with Gasteiger partial charge in [-0.25, -0.2) is 0 Å². The van der Waals surface area contributed by atoms with Gasteiger partial charge in [0.15, 0.2) is 0 Å². The molecule has 0 spiro atoms. The molecule has 144 valence electrons. The lowest BCUT2D eigenvalue weighted by Crippen LogP contribution is -2.45. The van der Waals surface area contributed by atoms with E-state index in [1.54, 1.807) is 13.8 Å². The van der Waals surface area contributed by atoms with Gasteiger partial charge in [0.05, 0.1) is 5.60 Å². The third kappa shape index (κ3) is 6.45. The summed E-state index contributed by atoms with van der Waals surface area (Å²) in [6, 6.07) is 7.93. The van der Waals surface area contributed by atoms with Crippen molar-refractivity contribution in [3.05, 3.63) is 35.4 Å². The highest BCUT2D eigenvalue weighted by Gasteiger charge is 2.27. The van der Waals surface area contributed by atoms with Crippen molar-refractivity contribution in [1.29, 1.82) is 0 Å². The molecule has 1 aromatic rings. The summed E-state index contributed by atoms with van der Waals surface area (Å²) in [5.74, 6) is 0.0424. The highest BCUT2D eigenvalue weighted by Crippen LogP contribution is 2.23. The predicted octanol–water partition coefficient (Wildman–Crippen LogP) is 2.91. The average molecular weight is 360 g/mol. The largest absolute Gasteiger partial charge is 0.390 e. The highest BCUT2D eigenvalue weighted by atomic mass is 16.3. The highest BCUT2D eigenvalue weighted by molar-refractivity contribution is 5.94. The van der Waals surface area contributed by atoms with E-state index in [1.165, 1.54) is 6.92 Å². The minimum absolute atomic E-state index is 0.0294. The summed E-state index contributed by atoms with van der Waals surface area (Å²) in [6.07, 6.45) is 5.35. The number of likely N-dealkylation sites (tertiary alicyclic amines) is 1. The SMILES string of the molecule is CC(=O)NCC[C@H]1CCCCN1C(=O)c1cccc(CCC(C)(C)O)c1. The van der Waals surface area contributed by atoms with Crippen molar-refractivity contribution in [3.8, 4) is 0 Å². The molecule has 0 bridgehead atoms. The molecule has 26 heavy (non-hydrogen) atoms. The van der Waals surface area contributed by atoms with Crippen molar-refractivity contribution < 1.29 is 14.7 Å². The Bertz CT molecular complexity index is 622. The number of rotatable bonds is 7. The number of benzene rings is 1. The molecule has 1 aliphatic rings. The zero-order valence-electron chi connectivity index (χ0n) is 16.3. The van der Waals surface area contributed by atoms with Gasteiger partial charge in [0, 0.05) is 31.6 Å². The zero-order chi connectivity index (χ0) is 19.2. The second-order valence-corrected chi connectivity index (χ2v) is 7.93. The molecular formula is C21H32N2O3. The number of aryl methyl sites for hydroxylation is 1. The van der Waals surface area contributed by atoms with E-state index in [1.807, 2.05) is 29.2 Å². The van der Waals surface area contributed by atoms with E-state index in [4.69, 9.17) is 0 Å². The first kappa shape index (κ1) is 20.4. The summed E-state index contributed by atoms with van der Waals surface area (Å²) in [7, 11) is 0. The van der Waals surface area contributed by atoms with Gasteiger partial charge in [0.25, 0.3) is 5.91 Å². The van der Waals surface area contributed by atoms with Crippen LogP contribution < -0.4 is 5.32 Å². The minimum atomic E-state index is -0.707. The van der Waals surface area contributed by atoms with Crippen LogP contribution in [0.15, 0.2) is 24.3 Å². The van der Waals surface area contributed by atoms with Crippen LogP contribution in [0, 0.1) is 0 Å². The molecule has 0 saturated carbocycles. The Morgan fingerprint density at radius 1 is 1.31 bits per heavy atom. The Hall–Kier alpha value is -1.88. The molecule has 5 heteroatoms. The van der Waals surface area contributed by atoms with Gasteiger partial charge in [-0.3, -0.25) is 9.59 Å². The van der Waals surface area contributed by atoms with E-state index in [0.717, 1.165) is 44.2 Å². The lowest BCUT2D eigenvalue weighted by atomic mass is 9.96. The number of carbonyl (C=O) groups is 2. The van der Waals surface area contributed by atoms with Gasteiger partial charge >= 0.3 is 0 Å². The lowest BCUT2D eigenvalue weighted by Gasteiger charge is -2.36. The lowest BCUT2D eigenvalue weighted by molar-refractivity contribution is -0.119.